The van der Waals surface area contributed by atoms with E-state index in [1.165, 1.54) is 22.1 Å². The molecule has 0 amide bonds. The van der Waals surface area contributed by atoms with Gasteiger partial charge in [-0.1, -0.05) is 47.7 Å². The van der Waals surface area contributed by atoms with Crippen LogP contribution in [0.25, 0.3) is 22.0 Å². The summed E-state index contributed by atoms with van der Waals surface area (Å²) in [5, 5.41) is 4.25. The number of thiazole rings is 1. The molecule has 2 aromatic carbocycles. The minimum absolute atomic E-state index is 0.0110. The predicted octanol–water partition coefficient (Wildman–Crippen LogP) is 3.26. The van der Waals surface area contributed by atoms with Gasteiger partial charge in [-0.3, -0.25) is 4.79 Å². The summed E-state index contributed by atoms with van der Waals surface area (Å²) >= 11 is 1.19. The Morgan fingerprint density at radius 3 is 2.56 bits per heavy atom. The smallest absolute Gasteiger partial charge is 0.304 e. The topological polar surface area (TPSA) is 32.9 Å². The molecule has 1 heterocycles. The monoisotopic (exact) mass is 227 g/mol. The van der Waals surface area contributed by atoms with Crippen molar-refractivity contribution in [1.29, 1.82) is 0 Å². The predicted molar refractivity (Wildman–Crippen MR) is 67.9 cm³/mol. The Morgan fingerprint density at radius 2 is 1.81 bits per heavy atom. The molecule has 0 saturated carbocycles. The molecule has 0 aliphatic carbocycles. The average Bonchev–Trinajstić information content (AvgIpc) is 2.75. The van der Waals surface area contributed by atoms with E-state index in [-0.39, 0.29) is 4.87 Å². The molecule has 2 nitrogen and oxygen atoms in total. The minimum Gasteiger partial charge on any atom is -0.312 e. The van der Waals surface area contributed by atoms with E-state index in [9.17, 15) is 4.79 Å². The zero-order chi connectivity index (χ0) is 11.0. The molecule has 0 saturated heterocycles. The number of aromatic amines is 1. The summed E-state index contributed by atoms with van der Waals surface area (Å²) in [5.74, 6) is 0. The highest BCUT2D eigenvalue weighted by Gasteiger charge is 2.01. The van der Waals surface area contributed by atoms with E-state index in [2.05, 4.69) is 29.2 Å². The van der Waals surface area contributed by atoms with Gasteiger partial charge in [0.2, 0.25) is 0 Å². The molecule has 78 valence electrons. The molecule has 0 unspecified atom stereocenters. The van der Waals surface area contributed by atoms with Crippen molar-refractivity contribution >= 4 is 22.1 Å². The molecule has 1 aromatic heterocycles. The molecule has 16 heavy (non-hydrogen) atoms. The quantitative estimate of drug-likeness (QED) is 0.680. The number of benzene rings is 2. The summed E-state index contributed by atoms with van der Waals surface area (Å²) in [6, 6.07) is 14.4. The van der Waals surface area contributed by atoms with E-state index in [0.29, 0.717) is 0 Å². The van der Waals surface area contributed by atoms with Crippen LogP contribution in [0.3, 0.4) is 0 Å². The molecule has 0 atom stereocenters. The zero-order valence-electron chi connectivity index (χ0n) is 8.44. The summed E-state index contributed by atoms with van der Waals surface area (Å²) in [6.07, 6.45) is 0. The van der Waals surface area contributed by atoms with Gasteiger partial charge in [0.15, 0.2) is 0 Å². The molecule has 0 aliphatic heterocycles. The first-order valence-electron chi connectivity index (χ1n) is 5.00. The highest BCUT2D eigenvalue weighted by Crippen LogP contribution is 2.22. The van der Waals surface area contributed by atoms with Crippen LogP contribution in [0, 0.1) is 0 Å². The number of aromatic nitrogens is 1. The summed E-state index contributed by atoms with van der Waals surface area (Å²) < 4.78 is 0. The Hall–Kier alpha value is -1.87. The molecule has 0 fully saturated rings. The van der Waals surface area contributed by atoms with Crippen LogP contribution in [0.2, 0.25) is 0 Å². The molecule has 0 spiro atoms. The molecule has 0 bridgehead atoms. The van der Waals surface area contributed by atoms with Crippen molar-refractivity contribution in [3.63, 3.8) is 0 Å². The number of H-pyrrole nitrogens is 1. The van der Waals surface area contributed by atoms with Crippen molar-refractivity contribution in [2.45, 2.75) is 0 Å². The maximum atomic E-state index is 11.1. The van der Waals surface area contributed by atoms with Crippen LogP contribution < -0.4 is 4.87 Å². The van der Waals surface area contributed by atoms with Gasteiger partial charge < -0.3 is 4.98 Å². The van der Waals surface area contributed by atoms with Crippen LogP contribution in [0.5, 0.6) is 0 Å². The normalized spacial score (nSPS) is 10.8. The van der Waals surface area contributed by atoms with Crippen LogP contribution in [-0.4, -0.2) is 4.98 Å². The highest BCUT2D eigenvalue weighted by atomic mass is 32.1. The van der Waals surface area contributed by atoms with E-state index < -0.39 is 0 Å². The van der Waals surface area contributed by atoms with Gasteiger partial charge in [-0.05, 0) is 22.4 Å². The summed E-state index contributed by atoms with van der Waals surface area (Å²) in [4.78, 5) is 13.9. The number of hydrogen-bond acceptors (Lipinski definition) is 2. The standard InChI is InChI=1S/C13H9NOS/c15-13-14-12(8-16-13)11-6-5-9-3-1-2-4-10(9)7-11/h1-8H,(H,14,15). The fraction of sp³-hybridized carbons (Fsp3) is 0. The molecule has 3 heteroatoms. The fourth-order valence-corrected chi connectivity index (χ4v) is 2.37. The third-order valence-electron chi connectivity index (χ3n) is 2.58. The van der Waals surface area contributed by atoms with Crippen LogP contribution >= 0.6 is 11.3 Å². The van der Waals surface area contributed by atoms with E-state index in [1.807, 2.05) is 23.6 Å². The fourth-order valence-electron chi connectivity index (χ4n) is 1.78. The Bertz CT molecular complexity index is 696. The van der Waals surface area contributed by atoms with Crippen LogP contribution in [0.15, 0.2) is 52.6 Å². The van der Waals surface area contributed by atoms with E-state index in [0.717, 1.165) is 11.3 Å². The summed E-state index contributed by atoms with van der Waals surface area (Å²) in [7, 11) is 0. The lowest BCUT2D eigenvalue weighted by atomic mass is 10.1. The Morgan fingerprint density at radius 1 is 1.00 bits per heavy atom. The minimum atomic E-state index is -0.0110. The molecule has 0 radical (unpaired) electrons. The second kappa shape index (κ2) is 3.61. The summed E-state index contributed by atoms with van der Waals surface area (Å²) in [5.41, 5.74) is 1.94. The van der Waals surface area contributed by atoms with Gasteiger partial charge in [0.05, 0.1) is 5.69 Å². The maximum Gasteiger partial charge on any atom is 0.304 e. The average molecular weight is 227 g/mol. The van der Waals surface area contributed by atoms with Crippen LogP contribution in [0.4, 0.5) is 0 Å². The zero-order valence-corrected chi connectivity index (χ0v) is 9.25. The van der Waals surface area contributed by atoms with Crippen LogP contribution in [-0.2, 0) is 0 Å². The molecule has 0 aliphatic rings. The Kier molecular flexibility index (Phi) is 2.11. The SMILES string of the molecule is O=c1[nH]c(-c2ccc3ccccc3c2)cs1. The molecule has 3 aromatic rings. The third-order valence-corrected chi connectivity index (χ3v) is 3.25. The second-order valence-corrected chi connectivity index (χ2v) is 4.47. The van der Waals surface area contributed by atoms with Crippen LogP contribution in [0.1, 0.15) is 0 Å². The maximum absolute atomic E-state index is 11.1. The lowest BCUT2D eigenvalue weighted by Crippen LogP contribution is -1.92. The van der Waals surface area contributed by atoms with E-state index >= 15 is 0 Å². The first kappa shape index (κ1) is 9.36. The van der Waals surface area contributed by atoms with Gasteiger partial charge in [0, 0.05) is 5.38 Å². The van der Waals surface area contributed by atoms with Gasteiger partial charge in [-0.25, -0.2) is 0 Å². The van der Waals surface area contributed by atoms with E-state index in [1.54, 1.807) is 0 Å². The van der Waals surface area contributed by atoms with E-state index in [4.69, 9.17) is 0 Å². The number of hydrogen-bond donors (Lipinski definition) is 1. The van der Waals surface area contributed by atoms with Gasteiger partial charge in [0.1, 0.15) is 0 Å². The lowest BCUT2D eigenvalue weighted by molar-refractivity contribution is 1.34. The lowest BCUT2D eigenvalue weighted by Gasteiger charge is -2.00. The number of fused-ring (bicyclic) bond motifs is 1. The second-order valence-electron chi connectivity index (χ2n) is 3.62. The Labute approximate surface area is 96.2 Å². The summed E-state index contributed by atoms with van der Waals surface area (Å²) in [6.45, 7) is 0. The Balaban J connectivity index is 2.22. The van der Waals surface area contributed by atoms with Crippen molar-refractivity contribution < 1.29 is 0 Å². The van der Waals surface area contributed by atoms with Crippen molar-refractivity contribution in [2.24, 2.45) is 0 Å². The molecule has 3 rings (SSSR count). The molecular weight excluding hydrogens is 218 g/mol. The van der Waals surface area contributed by atoms with Gasteiger partial charge in [-0.2, -0.15) is 0 Å². The largest absolute Gasteiger partial charge is 0.312 e. The molecule has 1 N–H and O–H groups in total. The number of rotatable bonds is 1. The third kappa shape index (κ3) is 1.55. The first-order valence-corrected chi connectivity index (χ1v) is 5.88. The van der Waals surface area contributed by atoms with Crippen molar-refractivity contribution in [3.05, 3.63) is 57.5 Å². The van der Waals surface area contributed by atoms with Crippen molar-refractivity contribution in [2.75, 3.05) is 0 Å². The number of nitrogens with one attached hydrogen (secondary N) is 1. The first-order chi connectivity index (χ1) is 7.83. The molecular formula is C13H9NOS. The van der Waals surface area contributed by atoms with Crippen molar-refractivity contribution in [3.8, 4) is 11.3 Å². The highest BCUT2D eigenvalue weighted by molar-refractivity contribution is 7.07. The van der Waals surface area contributed by atoms with Gasteiger partial charge in [-0.15, -0.1) is 0 Å². The van der Waals surface area contributed by atoms with Crippen molar-refractivity contribution in [1.82, 2.24) is 4.98 Å². The van der Waals surface area contributed by atoms with Gasteiger partial charge in [0.25, 0.3) is 0 Å². The van der Waals surface area contributed by atoms with Gasteiger partial charge >= 0.3 is 4.87 Å².